The van der Waals surface area contributed by atoms with Gasteiger partial charge in [-0.1, -0.05) is 78.3 Å². The van der Waals surface area contributed by atoms with Gasteiger partial charge < -0.3 is 127 Å². The molecule has 0 spiro atoms. The quantitative estimate of drug-likeness (QED) is 0.0114. The fourth-order valence-corrected chi connectivity index (χ4v) is 14.4. The SMILES string of the molecule is CC[C@H](C)[C@H](NC(=O)[C@H](CC(=O)O)NC(=O)[C@@H](N)CCCNC(=N)N)C(=O)N[C@@H](Cc1c[nH]c2ccccc12)C(=O)N[C@@H](CCC(=O)O)C(=O)N[C@@H](CCSC)C(=O)N[C@@H](CCSC)C(=O)N[C@@H](CCSC)C(=O)N[C@H](C(=O)N[C@@H](CO)C(=O)N[C@@H](CC(C)C)C(=O)N[C@@H](C)C(=O)N[C@@H](CS)C(=O)N[C@@H](CCC(N)=O)C(=O)N[C@@H](Cc1ccc(O)cc1)C(=O)O)C(C)C. The molecule has 0 saturated carbocycles. The van der Waals surface area contributed by atoms with E-state index in [4.69, 9.17) is 22.6 Å². The number of carboxylic acid groups (broad SMARTS) is 3. The lowest BCUT2D eigenvalue weighted by Gasteiger charge is -2.29. The summed E-state index contributed by atoms with van der Waals surface area (Å²) < 4.78 is 0. The van der Waals surface area contributed by atoms with Crippen molar-refractivity contribution in [3.63, 3.8) is 0 Å². The summed E-state index contributed by atoms with van der Waals surface area (Å²) in [5.74, 6) is -21.0. The van der Waals surface area contributed by atoms with Gasteiger partial charge in [0.25, 0.3) is 0 Å². The van der Waals surface area contributed by atoms with Crippen LogP contribution in [0.25, 0.3) is 10.9 Å². The van der Waals surface area contributed by atoms with Crippen molar-refractivity contribution in [2.45, 2.75) is 229 Å². The van der Waals surface area contributed by atoms with E-state index in [2.05, 4.69) is 97.4 Å². The summed E-state index contributed by atoms with van der Waals surface area (Å²) in [6, 6.07) is -10.6. The van der Waals surface area contributed by atoms with Crippen LogP contribution in [0.1, 0.15) is 137 Å². The molecule has 0 aliphatic rings. The number of hydrogen-bond donors (Lipinski definition) is 26. The molecule has 0 unspecified atom stereocenters. The van der Waals surface area contributed by atoms with Gasteiger partial charge in [0.05, 0.1) is 19.1 Å². The number of aromatic amines is 1. The Morgan fingerprint density at radius 1 is 0.469 bits per heavy atom. The molecule has 1 heterocycles. The van der Waals surface area contributed by atoms with Crippen LogP contribution in [0.3, 0.4) is 0 Å². The Balaban J connectivity index is 1.88. The van der Waals surface area contributed by atoms with Crippen molar-refractivity contribution in [3.05, 3.63) is 65.9 Å². The Morgan fingerprint density at radius 2 is 0.898 bits per heavy atom. The van der Waals surface area contributed by atoms with Crippen LogP contribution in [0.5, 0.6) is 5.75 Å². The van der Waals surface area contributed by atoms with Crippen LogP contribution in [0.15, 0.2) is 54.7 Å². The molecule has 0 radical (unpaired) electrons. The standard InChI is InChI=1S/C81H126N20O23S4/c1-11-42(6)65(101-75(118)57(36-63(107)108)94-67(110)48(82)16-14-29-86-81(84)85)79(122)96-56(35-45-37-87-49-17-13-12-15-47(45)49)74(117)89-51(23-25-62(105)106)68(111)91-52(26-30-126-8)70(113)92-53(27-31-127-9)71(114)93-54(28-32-128-10)72(115)100-64(41(4)5)78(121)98-59(38-102)76(119)95-55(33-40(2)3)73(116)88-43(7)66(109)99-60(39-125)77(120)90-50(22-24-61(83)104)69(112)97-58(80(123)124)34-44-18-20-46(103)21-19-44/h12-13,15,17-21,37,40-43,48,50-60,64-65,87,102-103,125H,11,14,16,22-36,38-39,82H2,1-10H3,(H2,83,104)(H,88,116)(H,89,117)(H,90,120)(H,91,111)(H,92,113)(H,93,114)(H,94,110)(H,95,119)(H,96,122)(H,97,112)(H,98,121)(H,99,109)(H,100,115)(H,101,118)(H,105,106)(H,107,108)(H,123,124)(H4,84,85,86)/t42-,43-,48-,50-,51-,52-,53-,54-,55-,56-,57-,58-,59-,60-,64-,65-/m0/s1. The molecule has 3 aromatic rings. The van der Waals surface area contributed by atoms with E-state index in [-0.39, 0.29) is 99.2 Å². The van der Waals surface area contributed by atoms with Crippen LogP contribution in [0.2, 0.25) is 0 Å². The fraction of sp³-hybridized carbons (Fsp3) is 0.593. The highest BCUT2D eigenvalue weighted by molar-refractivity contribution is 7.99. The van der Waals surface area contributed by atoms with E-state index in [1.165, 1.54) is 66.5 Å². The zero-order chi connectivity index (χ0) is 96.2. The molecular formula is C81H126N20O23S4. The van der Waals surface area contributed by atoms with Gasteiger partial charge in [0.15, 0.2) is 5.96 Å². The number of amides is 15. The number of aromatic hydroxyl groups is 1. The highest BCUT2D eigenvalue weighted by Gasteiger charge is 2.40. The summed E-state index contributed by atoms with van der Waals surface area (Å²) in [7, 11) is 0. The fourth-order valence-electron chi connectivity index (χ4n) is 12.7. The third kappa shape index (κ3) is 39.6. The van der Waals surface area contributed by atoms with E-state index in [9.17, 15) is 112 Å². The third-order valence-corrected chi connectivity index (χ3v) is 22.5. The number of hydrogen-bond acceptors (Lipinski definition) is 26. The molecule has 1 aromatic heterocycles. The van der Waals surface area contributed by atoms with E-state index in [0.29, 0.717) is 22.0 Å². The zero-order valence-corrected chi connectivity index (χ0v) is 76.6. The Labute approximate surface area is 759 Å². The van der Waals surface area contributed by atoms with Crippen molar-refractivity contribution in [3.8, 4) is 5.75 Å². The molecule has 2 aromatic carbocycles. The number of phenolic OH excluding ortho intramolecular Hbond substituents is 1. The molecule has 47 heteroatoms. The number of fused-ring (bicyclic) bond motifs is 1. The van der Waals surface area contributed by atoms with E-state index in [0.717, 1.165) is 0 Å². The molecule has 15 amide bonds. The third-order valence-electron chi connectivity index (χ3n) is 20.2. The number of thioether (sulfide) groups is 3. The van der Waals surface area contributed by atoms with Gasteiger partial charge in [-0.25, -0.2) is 4.79 Å². The summed E-state index contributed by atoms with van der Waals surface area (Å²) >= 11 is 8.03. The summed E-state index contributed by atoms with van der Waals surface area (Å²) in [6.45, 7) is 10.1. The van der Waals surface area contributed by atoms with Gasteiger partial charge in [-0.3, -0.25) is 86.9 Å². The molecule has 0 saturated heterocycles. The number of phenols is 1. The monoisotopic (exact) mass is 1870 g/mol. The molecule has 712 valence electrons. The van der Waals surface area contributed by atoms with Crippen LogP contribution in [0, 0.1) is 23.2 Å². The Kier molecular flexibility index (Phi) is 50.0. The van der Waals surface area contributed by atoms with Gasteiger partial charge >= 0.3 is 17.9 Å². The van der Waals surface area contributed by atoms with Gasteiger partial charge in [-0.2, -0.15) is 47.9 Å². The summed E-state index contributed by atoms with van der Waals surface area (Å²) in [6.07, 6.45) is 3.25. The minimum absolute atomic E-state index is 0.0303. The Morgan fingerprint density at radius 3 is 1.38 bits per heavy atom. The number of thiol groups is 1. The number of carbonyl (C=O) groups excluding carboxylic acids is 15. The first kappa shape index (κ1) is 111. The van der Waals surface area contributed by atoms with Crippen LogP contribution < -0.4 is 97.0 Å². The second kappa shape index (κ2) is 57.6. The number of aliphatic hydroxyl groups excluding tert-OH is 1. The zero-order valence-electron chi connectivity index (χ0n) is 73.2. The number of aliphatic hydroxyl groups is 1. The molecule has 43 nitrogen and oxygen atoms in total. The molecule has 3 rings (SSSR count). The summed E-state index contributed by atoms with van der Waals surface area (Å²) in [4.78, 5) is 250. The predicted molar refractivity (Wildman–Crippen MR) is 483 cm³/mol. The number of aliphatic carboxylic acids is 3. The number of para-hydroxylation sites is 1. The molecule has 0 aliphatic heterocycles. The van der Waals surface area contributed by atoms with Crippen LogP contribution in [0.4, 0.5) is 0 Å². The number of carbonyl (C=O) groups is 18. The Hall–Kier alpha value is -11.2. The summed E-state index contributed by atoms with van der Waals surface area (Å²) in [5, 5.41) is 95.6. The normalized spacial score (nSPS) is 15.0. The predicted octanol–water partition coefficient (Wildman–Crippen LogP) is -3.32. The smallest absolute Gasteiger partial charge is 0.326 e. The number of rotatable bonds is 61. The average molecular weight is 1880 g/mol. The van der Waals surface area contributed by atoms with Gasteiger partial charge in [-0.05, 0) is 141 Å². The number of benzene rings is 2. The lowest BCUT2D eigenvalue weighted by atomic mass is 9.96. The molecule has 28 N–H and O–H groups in total. The first-order valence-corrected chi connectivity index (χ1v) is 46.3. The van der Waals surface area contributed by atoms with E-state index in [1.807, 2.05) is 0 Å². The number of aromatic nitrogens is 1. The first-order valence-electron chi connectivity index (χ1n) is 41.5. The van der Waals surface area contributed by atoms with Gasteiger partial charge in [0.1, 0.15) is 90.3 Å². The van der Waals surface area contributed by atoms with Crippen molar-refractivity contribution in [2.24, 2.45) is 35.0 Å². The van der Waals surface area contributed by atoms with E-state index >= 15 is 0 Å². The maximum Gasteiger partial charge on any atom is 0.326 e. The largest absolute Gasteiger partial charge is 0.508 e. The number of nitrogens with two attached hydrogens (primary N) is 3. The maximum atomic E-state index is 14.9. The molecule has 0 aliphatic carbocycles. The number of nitrogens with one attached hydrogen (secondary N) is 17. The molecular weight excluding hydrogens is 1750 g/mol. The van der Waals surface area contributed by atoms with Gasteiger partial charge in [0.2, 0.25) is 88.6 Å². The minimum atomic E-state index is -1.79. The lowest BCUT2D eigenvalue weighted by molar-refractivity contribution is -0.142. The number of guanidine groups is 1. The first-order chi connectivity index (χ1) is 60.4. The molecule has 128 heavy (non-hydrogen) atoms. The average Bonchev–Trinajstić information content (AvgIpc) is 1.66. The van der Waals surface area contributed by atoms with Gasteiger partial charge in [-0.15, -0.1) is 0 Å². The van der Waals surface area contributed by atoms with Crippen molar-refractivity contribution in [2.75, 3.05) is 54.9 Å². The Bertz CT molecular complexity index is 4280. The topological polar surface area (TPSA) is 707 Å². The van der Waals surface area contributed by atoms with Crippen molar-refractivity contribution < 1.29 is 112 Å². The molecule has 16 atom stereocenters. The van der Waals surface area contributed by atoms with Crippen molar-refractivity contribution in [1.29, 1.82) is 5.41 Å². The maximum absolute atomic E-state index is 14.9. The number of primary amides is 1. The van der Waals surface area contributed by atoms with Crippen LogP contribution in [-0.4, -0.2) is 289 Å². The second-order valence-electron chi connectivity index (χ2n) is 31.2. The molecule has 0 fully saturated rings. The summed E-state index contributed by atoms with van der Waals surface area (Å²) in [5.41, 5.74) is 18.2. The molecule has 0 bridgehead atoms. The lowest BCUT2D eigenvalue weighted by Crippen LogP contribution is -2.62. The number of carboxylic acids is 3. The van der Waals surface area contributed by atoms with E-state index < -0.39 is 253 Å². The van der Waals surface area contributed by atoms with Crippen LogP contribution >= 0.6 is 47.9 Å². The van der Waals surface area contributed by atoms with Crippen molar-refractivity contribution >= 4 is 171 Å². The van der Waals surface area contributed by atoms with Crippen LogP contribution in [-0.2, 0) is 99.1 Å². The minimum Gasteiger partial charge on any atom is -0.508 e. The van der Waals surface area contributed by atoms with Gasteiger partial charge in [0, 0.05) is 55.1 Å². The highest BCUT2D eigenvalue weighted by atomic mass is 32.2. The highest BCUT2D eigenvalue weighted by Crippen LogP contribution is 2.22. The van der Waals surface area contributed by atoms with E-state index in [1.54, 1.807) is 90.8 Å². The van der Waals surface area contributed by atoms with Crippen molar-refractivity contribution in [1.82, 2.24) is 84.7 Å². The number of H-pyrrole nitrogens is 1. The second-order valence-corrected chi connectivity index (χ2v) is 34.6.